The summed E-state index contributed by atoms with van der Waals surface area (Å²) in [5.41, 5.74) is 2.23. The van der Waals surface area contributed by atoms with Crippen molar-refractivity contribution in [2.24, 2.45) is 0 Å². The van der Waals surface area contributed by atoms with Crippen LogP contribution in [0.25, 0.3) is 21.9 Å². The van der Waals surface area contributed by atoms with E-state index >= 15 is 0 Å². The molecule has 1 aliphatic rings. The number of nitrogens with zero attached hydrogens (tertiary/aromatic N) is 4. The first-order chi connectivity index (χ1) is 15.2. The van der Waals surface area contributed by atoms with Crippen LogP contribution in [-0.2, 0) is 11.2 Å². The number of benzene rings is 2. The lowest BCUT2D eigenvalue weighted by Crippen LogP contribution is -2.33. The van der Waals surface area contributed by atoms with E-state index in [1.807, 2.05) is 12.1 Å². The first-order valence-corrected chi connectivity index (χ1v) is 10.2. The first kappa shape index (κ1) is 19.8. The fourth-order valence-corrected chi connectivity index (χ4v) is 4.00. The SMILES string of the molecule is OC[C@H]1OC(n2cnc3c(NCCc4ccc5ccccc5c4)ncnc32)[C@H](O)[C@@H]1O. The molecule has 5 rings (SSSR count). The Balaban J connectivity index is 1.33. The van der Waals surface area contributed by atoms with Gasteiger partial charge < -0.3 is 25.4 Å². The summed E-state index contributed by atoms with van der Waals surface area (Å²) in [7, 11) is 0. The summed E-state index contributed by atoms with van der Waals surface area (Å²) in [6.07, 6.45) is -0.417. The lowest BCUT2D eigenvalue weighted by atomic mass is 10.1. The summed E-state index contributed by atoms with van der Waals surface area (Å²) in [4.78, 5) is 13.0. The molecule has 3 heterocycles. The Bertz CT molecular complexity index is 1210. The molecule has 1 fully saturated rings. The molecule has 1 aliphatic heterocycles. The highest BCUT2D eigenvalue weighted by molar-refractivity contribution is 5.83. The summed E-state index contributed by atoms with van der Waals surface area (Å²) >= 11 is 0. The molecule has 2 aromatic carbocycles. The fourth-order valence-electron chi connectivity index (χ4n) is 4.00. The Labute approximate surface area is 178 Å². The van der Waals surface area contributed by atoms with Crippen molar-refractivity contribution in [2.45, 2.75) is 31.0 Å². The van der Waals surface area contributed by atoms with Gasteiger partial charge in [0, 0.05) is 6.54 Å². The third-order valence-electron chi connectivity index (χ3n) is 5.67. The Morgan fingerprint density at radius 2 is 1.84 bits per heavy atom. The van der Waals surface area contributed by atoms with Gasteiger partial charge in [-0.25, -0.2) is 15.0 Å². The molecule has 160 valence electrons. The molecule has 0 saturated carbocycles. The molecule has 1 unspecified atom stereocenters. The number of fused-ring (bicyclic) bond motifs is 2. The molecule has 9 heteroatoms. The van der Waals surface area contributed by atoms with Crippen molar-refractivity contribution in [1.29, 1.82) is 0 Å². The third kappa shape index (κ3) is 3.61. The van der Waals surface area contributed by atoms with Crippen LogP contribution in [0.15, 0.2) is 55.1 Å². The van der Waals surface area contributed by atoms with Crippen molar-refractivity contribution >= 4 is 27.8 Å². The number of hydrogen-bond acceptors (Lipinski definition) is 8. The first-order valence-electron chi connectivity index (χ1n) is 10.2. The normalized spacial score (nSPS) is 23.6. The highest BCUT2D eigenvalue weighted by atomic mass is 16.6. The van der Waals surface area contributed by atoms with Crippen LogP contribution in [0.3, 0.4) is 0 Å². The lowest BCUT2D eigenvalue weighted by Gasteiger charge is -2.16. The Kier molecular flexibility index (Phi) is 5.24. The van der Waals surface area contributed by atoms with Gasteiger partial charge in [0.15, 0.2) is 23.2 Å². The fraction of sp³-hybridized carbons (Fsp3) is 0.318. The molecule has 31 heavy (non-hydrogen) atoms. The van der Waals surface area contributed by atoms with Crippen molar-refractivity contribution in [3.63, 3.8) is 0 Å². The van der Waals surface area contributed by atoms with Gasteiger partial charge in [-0.1, -0.05) is 42.5 Å². The molecule has 4 atom stereocenters. The maximum atomic E-state index is 10.3. The second kappa shape index (κ2) is 8.20. The Morgan fingerprint density at radius 1 is 1.00 bits per heavy atom. The molecule has 2 aromatic heterocycles. The molecule has 0 aliphatic carbocycles. The minimum Gasteiger partial charge on any atom is -0.394 e. The van der Waals surface area contributed by atoms with Gasteiger partial charge in [-0.3, -0.25) is 4.57 Å². The molecular weight excluding hydrogens is 398 g/mol. The maximum Gasteiger partial charge on any atom is 0.167 e. The summed E-state index contributed by atoms with van der Waals surface area (Å²) in [6, 6.07) is 14.7. The van der Waals surface area contributed by atoms with Gasteiger partial charge in [0.25, 0.3) is 0 Å². The highest BCUT2D eigenvalue weighted by Gasteiger charge is 2.44. The molecule has 0 spiro atoms. The largest absolute Gasteiger partial charge is 0.394 e. The van der Waals surface area contributed by atoms with Gasteiger partial charge >= 0.3 is 0 Å². The van der Waals surface area contributed by atoms with Crippen LogP contribution < -0.4 is 5.32 Å². The van der Waals surface area contributed by atoms with Gasteiger partial charge in [-0.05, 0) is 22.8 Å². The van der Waals surface area contributed by atoms with Crippen molar-refractivity contribution in [1.82, 2.24) is 19.5 Å². The van der Waals surface area contributed by atoms with E-state index in [0.29, 0.717) is 23.5 Å². The van der Waals surface area contributed by atoms with E-state index in [1.165, 1.54) is 29.0 Å². The zero-order chi connectivity index (χ0) is 21.4. The molecule has 9 nitrogen and oxygen atoms in total. The Hall–Kier alpha value is -3.11. The monoisotopic (exact) mass is 421 g/mol. The maximum absolute atomic E-state index is 10.3. The predicted octanol–water partition coefficient (Wildman–Crippen LogP) is 1.25. The molecule has 0 amide bonds. The number of ether oxygens (including phenoxy) is 1. The summed E-state index contributed by atoms with van der Waals surface area (Å²) in [5, 5.41) is 35.4. The van der Waals surface area contributed by atoms with Crippen LogP contribution in [0, 0.1) is 0 Å². The summed E-state index contributed by atoms with van der Waals surface area (Å²) < 4.78 is 7.14. The predicted molar refractivity (Wildman–Crippen MR) is 114 cm³/mol. The molecular formula is C22H23N5O4. The van der Waals surface area contributed by atoms with Crippen LogP contribution in [-0.4, -0.2) is 66.3 Å². The van der Waals surface area contributed by atoms with E-state index < -0.39 is 31.1 Å². The van der Waals surface area contributed by atoms with Gasteiger partial charge in [0.1, 0.15) is 24.6 Å². The van der Waals surface area contributed by atoms with Crippen LogP contribution in [0.5, 0.6) is 0 Å². The number of rotatable bonds is 6. The van der Waals surface area contributed by atoms with E-state index in [-0.39, 0.29) is 0 Å². The van der Waals surface area contributed by atoms with E-state index in [4.69, 9.17) is 4.74 Å². The van der Waals surface area contributed by atoms with Gasteiger partial charge in [-0.2, -0.15) is 0 Å². The smallest absolute Gasteiger partial charge is 0.167 e. The van der Waals surface area contributed by atoms with Crippen molar-refractivity contribution < 1.29 is 20.1 Å². The minimum atomic E-state index is -1.20. The molecule has 4 N–H and O–H groups in total. The van der Waals surface area contributed by atoms with E-state index in [0.717, 1.165) is 6.42 Å². The number of aliphatic hydroxyl groups excluding tert-OH is 3. The lowest BCUT2D eigenvalue weighted by molar-refractivity contribution is -0.0511. The average molecular weight is 421 g/mol. The Morgan fingerprint density at radius 3 is 2.65 bits per heavy atom. The average Bonchev–Trinajstić information content (AvgIpc) is 3.35. The molecule has 4 aromatic rings. The number of hydrogen-bond donors (Lipinski definition) is 4. The zero-order valence-electron chi connectivity index (χ0n) is 16.7. The number of nitrogens with one attached hydrogen (secondary N) is 1. The second-order valence-electron chi connectivity index (χ2n) is 7.63. The van der Waals surface area contributed by atoms with Crippen LogP contribution >= 0.6 is 0 Å². The molecule has 0 bridgehead atoms. The van der Waals surface area contributed by atoms with Gasteiger partial charge in [0.2, 0.25) is 0 Å². The van der Waals surface area contributed by atoms with Crippen LogP contribution in [0.1, 0.15) is 11.8 Å². The topological polar surface area (TPSA) is 126 Å². The van der Waals surface area contributed by atoms with E-state index in [9.17, 15) is 15.3 Å². The molecule has 0 radical (unpaired) electrons. The second-order valence-corrected chi connectivity index (χ2v) is 7.63. The van der Waals surface area contributed by atoms with Crippen LogP contribution in [0.4, 0.5) is 5.82 Å². The third-order valence-corrected chi connectivity index (χ3v) is 5.67. The number of imidazole rings is 1. The van der Waals surface area contributed by atoms with E-state index in [1.54, 1.807) is 4.57 Å². The van der Waals surface area contributed by atoms with Crippen LogP contribution in [0.2, 0.25) is 0 Å². The van der Waals surface area contributed by atoms with Gasteiger partial charge in [0.05, 0.1) is 12.9 Å². The summed E-state index contributed by atoms with van der Waals surface area (Å²) in [5.74, 6) is 0.580. The van der Waals surface area contributed by atoms with Crippen molar-refractivity contribution in [3.8, 4) is 0 Å². The zero-order valence-corrected chi connectivity index (χ0v) is 16.7. The number of aliphatic hydroxyl groups is 3. The minimum absolute atomic E-state index is 0.391. The molecule has 1 saturated heterocycles. The quantitative estimate of drug-likeness (QED) is 0.367. The van der Waals surface area contributed by atoms with Crippen molar-refractivity contribution in [3.05, 3.63) is 60.7 Å². The number of anilines is 1. The van der Waals surface area contributed by atoms with E-state index in [2.05, 4.69) is 50.6 Å². The standard InChI is InChI=1S/C22H23N5O4/c28-10-16-18(29)19(30)22(31-16)27-12-26-17-20(24-11-25-21(17)27)23-8-7-13-5-6-14-3-1-2-4-15(14)9-13/h1-6,9,11-12,16,18-19,22,28-30H,7-8,10H2,(H,23,24,25)/t16-,18-,19-,22?/m1/s1. The van der Waals surface area contributed by atoms with Gasteiger partial charge in [-0.15, -0.1) is 0 Å². The summed E-state index contributed by atoms with van der Waals surface area (Å²) in [6.45, 7) is 0.267. The highest BCUT2D eigenvalue weighted by Crippen LogP contribution is 2.32. The number of aromatic nitrogens is 4. The van der Waals surface area contributed by atoms with Crippen molar-refractivity contribution in [2.75, 3.05) is 18.5 Å².